The topological polar surface area (TPSA) is 68.0 Å². The predicted octanol–water partition coefficient (Wildman–Crippen LogP) is 2.43. The van der Waals surface area contributed by atoms with Gasteiger partial charge in [0.2, 0.25) is 11.8 Å². The van der Waals surface area contributed by atoms with Gasteiger partial charge in [-0.25, -0.2) is 0 Å². The third-order valence-electron chi connectivity index (χ3n) is 2.89. The van der Waals surface area contributed by atoms with E-state index in [4.69, 9.17) is 4.52 Å². The second kappa shape index (κ2) is 5.65. The number of carbonyl (C=O) groups excluding carboxylic acids is 1. The first-order valence-electron chi connectivity index (χ1n) is 6.27. The number of hydrogen-bond acceptors (Lipinski definition) is 4. The van der Waals surface area contributed by atoms with Crippen LogP contribution in [0.2, 0.25) is 0 Å². The smallest absolute Gasteiger partial charge is 0.232 e. The molecule has 1 N–H and O–H groups in total. The van der Waals surface area contributed by atoms with Crippen LogP contribution in [-0.4, -0.2) is 16.0 Å². The maximum absolute atomic E-state index is 12.0. The minimum absolute atomic E-state index is 0.120. The zero-order valence-corrected chi connectivity index (χ0v) is 11.4. The number of benzene rings is 1. The lowest BCUT2D eigenvalue weighted by molar-refractivity contribution is -0.115. The summed E-state index contributed by atoms with van der Waals surface area (Å²) in [6.45, 7) is 5.74. The van der Waals surface area contributed by atoms with E-state index in [-0.39, 0.29) is 12.3 Å². The van der Waals surface area contributed by atoms with Crippen molar-refractivity contribution in [1.29, 1.82) is 0 Å². The van der Waals surface area contributed by atoms with Gasteiger partial charge in [-0.1, -0.05) is 30.3 Å². The van der Waals surface area contributed by atoms with E-state index in [9.17, 15) is 4.79 Å². The largest absolute Gasteiger partial charge is 0.340 e. The molecule has 5 nitrogen and oxygen atoms in total. The van der Waals surface area contributed by atoms with Crippen LogP contribution >= 0.6 is 0 Å². The van der Waals surface area contributed by atoms with Gasteiger partial charge in [0, 0.05) is 12.6 Å². The Morgan fingerprint density at radius 3 is 2.79 bits per heavy atom. The molecule has 0 bridgehead atoms. The molecule has 0 aliphatic carbocycles. The van der Waals surface area contributed by atoms with Crippen LogP contribution in [-0.2, 0) is 17.6 Å². The number of anilines is 1. The summed E-state index contributed by atoms with van der Waals surface area (Å²) in [6, 6.07) is 5.99. The van der Waals surface area contributed by atoms with E-state index in [2.05, 4.69) is 22.4 Å². The Morgan fingerprint density at radius 1 is 1.37 bits per heavy atom. The van der Waals surface area contributed by atoms with Crippen LogP contribution in [0.4, 0.5) is 5.69 Å². The molecule has 0 radical (unpaired) electrons. The second-order valence-corrected chi connectivity index (χ2v) is 4.42. The molecule has 2 rings (SSSR count). The fourth-order valence-corrected chi connectivity index (χ4v) is 1.94. The Hall–Kier alpha value is -2.17. The third kappa shape index (κ3) is 3.19. The number of amides is 1. The van der Waals surface area contributed by atoms with Crippen LogP contribution in [0.25, 0.3) is 0 Å². The Bertz CT molecular complexity index is 590. The monoisotopic (exact) mass is 259 g/mol. The van der Waals surface area contributed by atoms with Gasteiger partial charge in [-0.3, -0.25) is 4.79 Å². The van der Waals surface area contributed by atoms with E-state index in [1.807, 2.05) is 25.1 Å². The van der Waals surface area contributed by atoms with Crippen LogP contribution in [0.15, 0.2) is 22.7 Å². The van der Waals surface area contributed by atoms with Crippen LogP contribution in [0.5, 0.6) is 0 Å². The second-order valence-electron chi connectivity index (χ2n) is 4.42. The normalized spacial score (nSPS) is 10.5. The Balaban J connectivity index is 2.11. The molecule has 2 aromatic rings. The average Bonchev–Trinajstić information content (AvgIpc) is 2.77. The summed E-state index contributed by atoms with van der Waals surface area (Å²) in [5.74, 6) is 0.736. The molecule has 0 atom stereocenters. The SMILES string of the molecule is CCc1cccc(C)c1NC(=O)Cc1noc(C)n1. The molecule has 1 aromatic heterocycles. The van der Waals surface area contributed by atoms with Crippen molar-refractivity contribution in [3.8, 4) is 0 Å². The first-order valence-corrected chi connectivity index (χ1v) is 6.27. The van der Waals surface area contributed by atoms with Crippen LogP contribution in [0.1, 0.15) is 29.8 Å². The highest BCUT2D eigenvalue weighted by Gasteiger charge is 2.12. The summed E-state index contributed by atoms with van der Waals surface area (Å²) in [7, 11) is 0. The molecule has 100 valence electrons. The van der Waals surface area contributed by atoms with Crippen LogP contribution in [0.3, 0.4) is 0 Å². The van der Waals surface area contributed by atoms with Crippen molar-refractivity contribution < 1.29 is 9.32 Å². The van der Waals surface area contributed by atoms with Crippen LogP contribution in [0, 0.1) is 13.8 Å². The van der Waals surface area contributed by atoms with E-state index in [1.54, 1.807) is 6.92 Å². The van der Waals surface area contributed by atoms with Gasteiger partial charge < -0.3 is 9.84 Å². The van der Waals surface area contributed by atoms with Crippen molar-refractivity contribution in [3.63, 3.8) is 0 Å². The van der Waals surface area contributed by atoms with Crippen molar-refractivity contribution in [2.24, 2.45) is 0 Å². The predicted molar refractivity (Wildman–Crippen MR) is 71.9 cm³/mol. The molecule has 1 aromatic carbocycles. The van der Waals surface area contributed by atoms with E-state index < -0.39 is 0 Å². The highest BCUT2D eigenvalue weighted by atomic mass is 16.5. The molecule has 5 heteroatoms. The lowest BCUT2D eigenvalue weighted by Gasteiger charge is -2.12. The fourth-order valence-electron chi connectivity index (χ4n) is 1.94. The molecular weight excluding hydrogens is 242 g/mol. The number of nitrogens with one attached hydrogen (secondary N) is 1. The first-order chi connectivity index (χ1) is 9.10. The molecule has 1 amide bonds. The van der Waals surface area contributed by atoms with Crippen molar-refractivity contribution in [3.05, 3.63) is 41.0 Å². The molecule has 0 saturated heterocycles. The Morgan fingerprint density at radius 2 is 2.16 bits per heavy atom. The van der Waals surface area contributed by atoms with Gasteiger partial charge in [-0.15, -0.1) is 0 Å². The van der Waals surface area contributed by atoms with Gasteiger partial charge in [0.25, 0.3) is 0 Å². The first kappa shape index (κ1) is 13.3. The summed E-state index contributed by atoms with van der Waals surface area (Å²) in [6.07, 6.45) is 0.993. The fraction of sp³-hybridized carbons (Fsp3) is 0.357. The van der Waals surface area contributed by atoms with E-state index >= 15 is 0 Å². The number of rotatable bonds is 4. The molecule has 0 unspecified atom stereocenters. The lowest BCUT2D eigenvalue weighted by Crippen LogP contribution is -2.17. The number of aromatic nitrogens is 2. The maximum atomic E-state index is 12.0. The highest BCUT2D eigenvalue weighted by molar-refractivity contribution is 5.93. The molecule has 0 aliphatic rings. The summed E-state index contributed by atoms with van der Waals surface area (Å²) in [4.78, 5) is 16.0. The zero-order chi connectivity index (χ0) is 13.8. The Kier molecular flexibility index (Phi) is 3.94. The minimum atomic E-state index is -0.134. The zero-order valence-electron chi connectivity index (χ0n) is 11.4. The average molecular weight is 259 g/mol. The number of aryl methyl sites for hydroxylation is 3. The van der Waals surface area contributed by atoms with Crippen molar-refractivity contribution in [1.82, 2.24) is 10.1 Å². The van der Waals surface area contributed by atoms with Gasteiger partial charge in [0.1, 0.15) is 0 Å². The quantitative estimate of drug-likeness (QED) is 0.915. The van der Waals surface area contributed by atoms with Crippen molar-refractivity contribution in [2.75, 3.05) is 5.32 Å². The van der Waals surface area contributed by atoms with Crippen LogP contribution < -0.4 is 5.32 Å². The highest BCUT2D eigenvalue weighted by Crippen LogP contribution is 2.21. The summed E-state index contributed by atoms with van der Waals surface area (Å²) in [5, 5.41) is 6.64. The maximum Gasteiger partial charge on any atom is 0.232 e. The van der Waals surface area contributed by atoms with Gasteiger partial charge in [0.05, 0.1) is 6.42 Å². The summed E-state index contributed by atoms with van der Waals surface area (Å²) >= 11 is 0. The van der Waals surface area contributed by atoms with E-state index in [1.165, 1.54) is 0 Å². The van der Waals surface area contributed by atoms with Crippen molar-refractivity contribution in [2.45, 2.75) is 33.6 Å². The van der Waals surface area contributed by atoms with Crippen molar-refractivity contribution >= 4 is 11.6 Å². The molecule has 0 saturated carbocycles. The molecular formula is C14H17N3O2. The van der Waals surface area contributed by atoms with E-state index in [0.717, 1.165) is 23.2 Å². The van der Waals surface area contributed by atoms with Gasteiger partial charge in [-0.2, -0.15) is 4.98 Å². The standard InChI is InChI=1S/C14H17N3O2/c1-4-11-7-5-6-9(2)14(11)16-13(18)8-12-15-10(3)19-17-12/h5-7H,4,8H2,1-3H3,(H,16,18). The number of hydrogen-bond donors (Lipinski definition) is 1. The molecule has 19 heavy (non-hydrogen) atoms. The number of carbonyl (C=O) groups is 1. The van der Waals surface area contributed by atoms with E-state index in [0.29, 0.717) is 11.7 Å². The molecule has 0 aliphatic heterocycles. The number of para-hydroxylation sites is 1. The minimum Gasteiger partial charge on any atom is -0.340 e. The number of nitrogens with zero attached hydrogens (tertiary/aromatic N) is 2. The van der Waals surface area contributed by atoms with Gasteiger partial charge >= 0.3 is 0 Å². The van der Waals surface area contributed by atoms with Gasteiger partial charge in [0.15, 0.2) is 5.82 Å². The Labute approximate surface area is 112 Å². The summed E-state index contributed by atoms with van der Waals surface area (Å²) in [5.41, 5.74) is 3.06. The molecule has 0 spiro atoms. The molecule has 1 heterocycles. The summed E-state index contributed by atoms with van der Waals surface area (Å²) < 4.78 is 4.84. The van der Waals surface area contributed by atoms with Gasteiger partial charge in [-0.05, 0) is 24.5 Å². The molecule has 0 fully saturated rings. The third-order valence-corrected chi connectivity index (χ3v) is 2.89. The lowest BCUT2D eigenvalue weighted by atomic mass is 10.1.